The molecular weight excluding hydrogens is 316 g/mol. The highest BCUT2D eigenvalue weighted by Crippen LogP contribution is 2.23. The summed E-state index contributed by atoms with van der Waals surface area (Å²) in [5.41, 5.74) is 1.45. The van der Waals surface area contributed by atoms with E-state index >= 15 is 0 Å². The molecule has 6 heteroatoms. The molecule has 0 radical (unpaired) electrons. The van der Waals surface area contributed by atoms with Gasteiger partial charge < -0.3 is 9.73 Å². The van der Waals surface area contributed by atoms with Crippen molar-refractivity contribution in [2.75, 3.05) is 0 Å². The van der Waals surface area contributed by atoms with Crippen molar-refractivity contribution >= 4 is 22.5 Å². The summed E-state index contributed by atoms with van der Waals surface area (Å²) in [5.74, 6) is 0.874. The van der Waals surface area contributed by atoms with Crippen molar-refractivity contribution in [3.05, 3.63) is 66.3 Å². The molecule has 1 N–H and O–H groups in total. The zero-order valence-electron chi connectivity index (χ0n) is 14.0. The molecule has 0 aliphatic rings. The van der Waals surface area contributed by atoms with Crippen molar-refractivity contribution < 1.29 is 9.21 Å². The lowest BCUT2D eigenvalue weighted by molar-refractivity contribution is 0.0897. The Labute approximate surface area is 144 Å². The molecule has 1 amide bonds. The number of amides is 1. The lowest BCUT2D eigenvalue weighted by atomic mass is 10.0. The minimum absolute atomic E-state index is 0.140. The van der Waals surface area contributed by atoms with E-state index in [0.717, 1.165) is 11.0 Å². The second-order valence-electron chi connectivity index (χ2n) is 6.33. The molecule has 4 rings (SSSR count). The van der Waals surface area contributed by atoms with Crippen molar-refractivity contribution in [2.45, 2.75) is 19.9 Å². The van der Waals surface area contributed by atoms with E-state index < -0.39 is 0 Å². The second kappa shape index (κ2) is 6.05. The number of carbonyl (C=O) groups excluding carboxylic acids is 1. The molecule has 0 saturated carbocycles. The van der Waals surface area contributed by atoms with Crippen molar-refractivity contribution in [1.29, 1.82) is 0 Å². The van der Waals surface area contributed by atoms with Crippen LogP contribution in [0.3, 0.4) is 0 Å². The Kier molecular flexibility index (Phi) is 3.72. The second-order valence-corrected chi connectivity index (χ2v) is 6.33. The van der Waals surface area contributed by atoms with Gasteiger partial charge in [-0.25, -0.2) is 0 Å². The number of nitrogens with one attached hydrogen (secondary N) is 1. The van der Waals surface area contributed by atoms with Crippen LogP contribution in [0.25, 0.3) is 16.6 Å². The number of nitrogens with zero attached hydrogens (tertiary/aromatic N) is 3. The number of carbonyl (C=O) groups is 1. The van der Waals surface area contributed by atoms with Crippen LogP contribution < -0.4 is 5.32 Å². The lowest BCUT2D eigenvalue weighted by Gasteiger charge is -2.20. The largest absolute Gasteiger partial charge is 0.451 e. The van der Waals surface area contributed by atoms with Gasteiger partial charge in [-0.1, -0.05) is 38.1 Å². The van der Waals surface area contributed by atoms with E-state index in [1.54, 1.807) is 6.07 Å². The molecule has 1 atom stereocenters. The van der Waals surface area contributed by atoms with Crippen LogP contribution in [0, 0.1) is 5.92 Å². The SMILES string of the molecule is CC(C)[C@H](NC(=O)c1cc2ccccc2o1)c1nnc2ccccn12. The van der Waals surface area contributed by atoms with Crippen molar-refractivity contribution in [2.24, 2.45) is 5.92 Å². The molecule has 3 heterocycles. The molecular formula is C19H18N4O2. The van der Waals surface area contributed by atoms with Crippen LogP contribution in [0.4, 0.5) is 0 Å². The maximum Gasteiger partial charge on any atom is 0.287 e. The van der Waals surface area contributed by atoms with E-state index in [4.69, 9.17) is 4.42 Å². The summed E-state index contributed by atoms with van der Waals surface area (Å²) in [7, 11) is 0. The maximum atomic E-state index is 12.7. The first-order valence-electron chi connectivity index (χ1n) is 8.22. The molecule has 0 fully saturated rings. The predicted molar refractivity (Wildman–Crippen MR) is 94.2 cm³/mol. The number of pyridine rings is 1. The first-order chi connectivity index (χ1) is 12.1. The van der Waals surface area contributed by atoms with Gasteiger partial charge in [-0.15, -0.1) is 10.2 Å². The molecule has 4 aromatic rings. The van der Waals surface area contributed by atoms with Gasteiger partial charge in [0.25, 0.3) is 5.91 Å². The zero-order valence-corrected chi connectivity index (χ0v) is 14.0. The van der Waals surface area contributed by atoms with Gasteiger partial charge in [-0.05, 0) is 30.2 Å². The van der Waals surface area contributed by atoms with Crippen molar-refractivity contribution in [3.8, 4) is 0 Å². The summed E-state index contributed by atoms with van der Waals surface area (Å²) >= 11 is 0. The maximum absolute atomic E-state index is 12.7. The molecule has 0 saturated heterocycles. The Hall–Kier alpha value is -3.15. The predicted octanol–water partition coefficient (Wildman–Crippen LogP) is 3.60. The number of furan rings is 1. The van der Waals surface area contributed by atoms with Gasteiger partial charge in [-0.2, -0.15) is 0 Å². The molecule has 0 aliphatic carbocycles. The molecule has 1 aromatic carbocycles. The summed E-state index contributed by atoms with van der Waals surface area (Å²) in [4.78, 5) is 12.7. The number of para-hydroxylation sites is 1. The molecule has 25 heavy (non-hydrogen) atoms. The Balaban J connectivity index is 1.66. The van der Waals surface area contributed by atoms with Crippen LogP contribution in [0.1, 0.15) is 36.3 Å². The smallest absolute Gasteiger partial charge is 0.287 e. The van der Waals surface area contributed by atoms with Crippen molar-refractivity contribution in [3.63, 3.8) is 0 Å². The van der Waals surface area contributed by atoms with Crippen molar-refractivity contribution in [1.82, 2.24) is 19.9 Å². The van der Waals surface area contributed by atoms with E-state index in [0.29, 0.717) is 17.2 Å². The third-order valence-electron chi connectivity index (χ3n) is 4.22. The highest BCUT2D eigenvalue weighted by Gasteiger charge is 2.25. The third kappa shape index (κ3) is 2.76. The monoisotopic (exact) mass is 334 g/mol. The molecule has 0 spiro atoms. The normalized spacial score (nSPS) is 12.8. The standard InChI is InChI=1S/C19H18N4O2/c1-12(2)17(18-22-21-16-9-5-6-10-23(16)18)20-19(24)15-11-13-7-3-4-8-14(13)25-15/h3-12,17H,1-2H3,(H,20,24)/t17-/m0/s1. The van der Waals surface area contributed by atoms with Gasteiger partial charge in [0.1, 0.15) is 5.58 Å². The van der Waals surface area contributed by atoms with Crippen LogP contribution in [0.2, 0.25) is 0 Å². The van der Waals surface area contributed by atoms with Gasteiger partial charge in [0, 0.05) is 11.6 Å². The van der Waals surface area contributed by atoms with E-state index in [1.807, 2.05) is 66.9 Å². The molecule has 0 unspecified atom stereocenters. The van der Waals surface area contributed by atoms with Gasteiger partial charge in [-0.3, -0.25) is 9.20 Å². The van der Waals surface area contributed by atoms with E-state index in [-0.39, 0.29) is 17.9 Å². The fourth-order valence-corrected chi connectivity index (χ4v) is 2.91. The van der Waals surface area contributed by atoms with Crippen LogP contribution in [-0.4, -0.2) is 20.5 Å². The number of hydrogen-bond acceptors (Lipinski definition) is 4. The number of hydrogen-bond donors (Lipinski definition) is 1. The Morgan fingerprint density at radius 3 is 2.72 bits per heavy atom. The average molecular weight is 334 g/mol. The third-order valence-corrected chi connectivity index (χ3v) is 4.22. The van der Waals surface area contributed by atoms with Crippen LogP contribution in [0.5, 0.6) is 0 Å². The highest BCUT2D eigenvalue weighted by molar-refractivity contribution is 5.96. The fraction of sp³-hybridized carbons (Fsp3) is 0.211. The summed E-state index contributed by atoms with van der Waals surface area (Å²) in [6.07, 6.45) is 1.90. The van der Waals surface area contributed by atoms with Gasteiger partial charge in [0.05, 0.1) is 6.04 Å². The fourth-order valence-electron chi connectivity index (χ4n) is 2.91. The quantitative estimate of drug-likeness (QED) is 0.619. The molecule has 6 nitrogen and oxygen atoms in total. The van der Waals surface area contributed by atoms with Crippen LogP contribution in [0.15, 0.2) is 59.1 Å². The van der Waals surface area contributed by atoms with E-state index in [2.05, 4.69) is 15.5 Å². The van der Waals surface area contributed by atoms with E-state index in [1.165, 1.54) is 0 Å². The summed E-state index contributed by atoms with van der Waals surface area (Å²) in [5, 5.41) is 12.4. The van der Waals surface area contributed by atoms with Gasteiger partial charge in [0.15, 0.2) is 17.2 Å². The Bertz CT molecular complexity index is 1010. The first kappa shape index (κ1) is 15.4. The average Bonchev–Trinajstić information content (AvgIpc) is 3.23. The number of fused-ring (bicyclic) bond motifs is 2. The van der Waals surface area contributed by atoms with Crippen LogP contribution >= 0.6 is 0 Å². The Morgan fingerprint density at radius 1 is 1.12 bits per heavy atom. The summed E-state index contributed by atoms with van der Waals surface area (Å²) in [6, 6.07) is 14.7. The number of benzene rings is 1. The molecule has 0 bridgehead atoms. The van der Waals surface area contributed by atoms with E-state index in [9.17, 15) is 4.79 Å². The topological polar surface area (TPSA) is 72.4 Å². The molecule has 0 aliphatic heterocycles. The lowest BCUT2D eigenvalue weighted by Crippen LogP contribution is -2.32. The Morgan fingerprint density at radius 2 is 1.92 bits per heavy atom. The van der Waals surface area contributed by atoms with Crippen LogP contribution in [-0.2, 0) is 0 Å². The minimum atomic E-state index is -0.280. The molecule has 3 aromatic heterocycles. The summed E-state index contributed by atoms with van der Waals surface area (Å²) < 4.78 is 7.55. The molecule has 126 valence electrons. The highest BCUT2D eigenvalue weighted by atomic mass is 16.3. The zero-order chi connectivity index (χ0) is 17.4. The minimum Gasteiger partial charge on any atom is -0.451 e. The first-order valence-corrected chi connectivity index (χ1v) is 8.22. The van der Waals surface area contributed by atoms with Gasteiger partial charge in [0.2, 0.25) is 0 Å². The number of aromatic nitrogens is 3. The van der Waals surface area contributed by atoms with Gasteiger partial charge >= 0.3 is 0 Å². The summed E-state index contributed by atoms with van der Waals surface area (Å²) in [6.45, 7) is 4.07. The number of rotatable bonds is 4.